The van der Waals surface area contributed by atoms with Crippen LogP contribution in [0.4, 0.5) is 28.9 Å². The van der Waals surface area contributed by atoms with Gasteiger partial charge in [0.25, 0.3) is 0 Å². The third-order valence-electron chi connectivity index (χ3n) is 6.49. The Bertz CT molecular complexity index is 1000. The highest BCUT2D eigenvalue weighted by Crippen LogP contribution is 2.40. The SMILES string of the molecule is O=C(NC1CC1)[C@@H]1Cc2cc(C(F)(F)F)ccc2N2CCN(c3ccccc3F)C[C@H]12. The van der Waals surface area contributed by atoms with Crippen molar-refractivity contribution in [2.45, 2.75) is 37.5 Å². The summed E-state index contributed by atoms with van der Waals surface area (Å²) in [6, 6.07) is 10.2. The number of amides is 1. The van der Waals surface area contributed by atoms with Gasteiger partial charge in [-0.05, 0) is 55.2 Å². The molecule has 0 radical (unpaired) electrons. The van der Waals surface area contributed by atoms with Crippen molar-refractivity contribution in [1.29, 1.82) is 0 Å². The lowest BCUT2D eigenvalue weighted by atomic mass is 9.82. The van der Waals surface area contributed by atoms with Crippen LogP contribution in [0.1, 0.15) is 24.0 Å². The fourth-order valence-corrected chi connectivity index (χ4v) is 4.76. The molecule has 4 nitrogen and oxygen atoms in total. The molecular weight excluding hydrogens is 410 g/mol. The molecule has 0 unspecified atom stereocenters. The number of para-hydroxylation sites is 1. The molecule has 0 bridgehead atoms. The van der Waals surface area contributed by atoms with Crippen molar-refractivity contribution in [3.05, 3.63) is 59.4 Å². The Morgan fingerprint density at radius 1 is 1.03 bits per heavy atom. The van der Waals surface area contributed by atoms with E-state index in [2.05, 4.69) is 5.32 Å². The molecular formula is C23H23F4N3O. The number of piperazine rings is 1. The highest BCUT2D eigenvalue weighted by atomic mass is 19.4. The molecule has 3 aliphatic rings. The summed E-state index contributed by atoms with van der Waals surface area (Å²) < 4.78 is 54.2. The zero-order valence-electron chi connectivity index (χ0n) is 16.8. The number of anilines is 2. The van der Waals surface area contributed by atoms with Crippen LogP contribution in [0, 0.1) is 11.7 Å². The Balaban J connectivity index is 1.49. The standard InChI is InChI=1S/C23H23F4N3O/c24-18-3-1-2-4-20(18)29-9-10-30-19-8-5-15(23(25,26)27)11-14(19)12-17(21(30)13-29)22(31)28-16-6-7-16/h1-5,8,11,16-17,21H,6-7,9-10,12-13H2,(H,28,31)/t17-,21-/m1/s1. The van der Waals surface area contributed by atoms with E-state index < -0.39 is 17.7 Å². The minimum atomic E-state index is -4.43. The fourth-order valence-electron chi connectivity index (χ4n) is 4.76. The molecule has 1 saturated heterocycles. The van der Waals surface area contributed by atoms with Gasteiger partial charge in [0.15, 0.2) is 0 Å². The first kappa shape index (κ1) is 20.2. The number of nitrogens with one attached hydrogen (secondary N) is 1. The second kappa shape index (κ2) is 7.43. The topological polar surface area (TPSA) is 35.6 Å². The Morgan fingerprint density at radius 2 is 1.81 bits per heavy atom. The van der Waals surface area contributed by atoms with Crippen molar-refractivity contribution < 1.29 is 22.4 Å². The van der Waals surface area contributed by atoms with E-state index in [9.17, 15) is 22.4 Å². The summed E-state index contributed by atoms with van der Waals surface area (Å²) in [5, 5.41) is 3.02. The van der Waals surface area contributed by atoms with Crippen LogP contribution in [-0.2, 0) is 17.4 Å². The van der Waals surface area contributed by atoms with E-state index in [1.165, 1.54) is 18.2 Å². The molecule has 0 spiro atoms. The minimum Gasteiger partial charge on any atom is -0.365 e. The number of halogens is 4. The number of alkyl halides is 3. The zero-order chi connectivity index (χ0) is 21.8. The number of hydrogen-bond donors (Lipinski definition) is 1. The van der Waals surface area contributed by atoms with Gasteiger partial charge in [-0.25, -0.2) is 4.39 Å². The fraction of sp³-hybridized carbons (Fsp3) is 0.435. The summed E-state index contributed by atoms with van der Waals surface area (Å²) in [7, 11) is 0. The van der Waals surface area contributed by atoms with Gasteiger partial charge in [-0.3, -0.25) is 4.79 Å². The number of benzene rings is 2. The van der Waals surface area contributed by atoms with Crippen LogP contribution in [0.15, 0.2) is 42.5 Å². The quantitative estimate of drug-likeness (QED) is 0.744. The summed E-state index contributed by atoms with van der Waals surface area (Å²) in [6.07, 6.45) is -2.32. The van der Waals surface area contributed by atoms with Gasteiger partial charge in [0.1, 0.15) is 5.82 Å². The largest absolute Gasteiger partial charge is 0.416 e. The summed E-state index contributed by atoms with van der Waals surface area (Å²) in [6.45, 7) is 1.46. The lowest BCUT2D eigenvalue weighted by molar-refractivity contribution is -0.137. The molecule has 1 saturated carbocycles. The van der Waals surface area contributed by atoms with Gasteiger partial charge in [0.05, 0.1) is 23.2 Å². The Kier molecular flexibility index (Phi) is 4.83. The molecule has 2 aromatic rings. The third kappa shape index (κ3) is 3.83. The van der Waals surface area contributed by atoms with Gasteiger partial charge in [-0.15, -0.1) is 0 Å². The normalized spacial score (nSPS) is 23.2. The van der Waals surface area contributed by atoms with Gasteiger partial charge in [0.2, 0.25) is 5.91 Å². The minimum absolute atomic E-state index is 0.129. The maximum atomic E-state index is 14.4. The summed E-state index contributed by atoms with van der Waals surface area (Å²) >= 11 is 0. The van der Waals surface area contributed by atoms with Gasteiger partial charge >= 0.3 is 6.18 Å². The number of carbonyl (C=O) groups excluding carboxylic acids is 1. The molecule has 2 fully saturated rings. The Hall–Kier alpha value is -2.77. The van der Waals surface area contributed by atoms with Crippen LogP contribution in [0.5, 0.6) is 0 Å². The zero-order valence-corrected chi connectivity index (χ0v) is 16.8. The Morgan fingerprint density at radius 3 is 2.52 bits per heavy atom. The second-order valence-corrected chi connectivity index (χ2v) is 8.59. The van der Waals surface area contributed by atoms with Crippen molar-refractivity contribution in [2.75, 3.05) is 29.4 Å². The van der Waals surface area contributed by atoms with Crippen LogP contribution < -0.4 is 15.1 Å². The second-order valence-electron chi connectivity index (χ2n) is 8.59. The molecule has 8 heteroatoms. The van der Waals surface area contributed by atoms with E-state index >= 15 is 0 Å². The molecule has 2 atom stereocenters. The average Bonchev–Trinajstić information content (AvgIpc) is 3.56. The summed E-state index contributed by atoms with van der Waals surface area (Å²) in [5.74, 6) is -0.942. The van der Waals surface area contributed by atoms with E-state index in [0.717, 1.165) is 24.6 Å². The maximum Gasteiger partial charge on any atom is 0.416 e. The molecule has 5 rings (SSSR count). The monoisotopic (exact) mass is 433 g/mol. The van der Waals surface area contributed by atoms with Crippen molar-refractivity contribution in [3.8, 4) is 0 Å². The Labute approximate surface area is 177 Å². The van der Waals surface area contributed by atoms with E-state index in [1.54, 1.807) is 18.2 Å². The van der Waals surface area contributed by atoms with Crippen molar-refractivity contribution >= 4 is 17.3 Å². The van der Waals surface area contributed by atoms with Crippen LogP contribution in [0.3, 0.4) is 0 Å². The summed E-state index contributed by atoms with van der Waals surface area (Å²) in [5.41, 5.74) is 1.07. The van der Waals surface area contributed by atoms with E-state index in [0.29, 0.717) is 30.9 Å². The van der Waals surface area contributed by atoms with E-state index in [4.69, 9.17) is 0 Å². The van der Waals surface area contributed by atoms with Gasteiger partial charge < -0.3 is 15.1 Å². The van der Waals surface area contributed by atoms with Gasteiger partial charge in [-0.1, -0.05) is 12.1 Å². The third-order valence-corrected chi connectivity index (χ3v) is 6.49. The first-order valence-corrected chi connectivity index (χ1v) is 10.6. The lowest BCUT2D eigenvalue weighted by Crippen LogP contribution is -2.61. The number of fused-ring (bicyclic) bond motifs is 3. The molecule has 2 aromatic carbocycles. The van der Waals surface area contributed by atoms with Gasteiger partial charge in [-0.2, -0.15) is 13.2 Å². The number of rotatable bonds is 3. The van der Waals surface area contributed by atoms with Crippen LogP contribution in [-0.4, -0.2) is 37.6 Å². The molecule has 0 aromatic heterocycles. The number of carbonyl (C=O) groups is 1. The summed E-state index contributed by atoms with van der Waals surface area (Å²) in [4.78, 5) is 17.0. The maximum absolute atomic E-state index is 14.4. The van der Waals surface area contributed by atoms with Crippen molar-refractivity contribution in [1.82, 2.24) is 5.32 Å². The molecule has 2 aliphatic heterocycles. The molecule has 2 heterocycles. The van der Waals surface area contributed by atoms with E-state index in [1.807, 2.05) is 9.80 Å². The number of hydrogen-bond acceptors (Lipinski definition) is 3. The van der Waals surface area contributed by atoms with Crippen LogP contribution >= 0.6 is 0 Å². The first-order valence-electron chi connectivity index (χ1n) is 10.6. The average molecular weight is 433 g/mol. The van der Waals surface area contributed by atoms with Crippen LogP contribution in [0.25, 0.3) is 0 Å². The molecule has 31 heavy (non-hydrogen) atoms. The highest BCUT2D eigenvalue weighted by molar-refractivity contribution is 5.83. The predicted octanol–water partition coefficient (Wildman–Crippen LogP) is 3.99. The number of nitrogens with zero attached hydrogens (tertiary/aromatic N) is 2. The van der Waals surface area contributed by atoms with Crippen LogP contribution in [0.2, 0.25) is 0 Å². The van der Waals surface area contributed by atoms with Gasteiger partial charge in [0, 0.05) is 31.4 Å². The molecule has 1 N–H and O–H groups in total. The predicted molar refractivity (Wildman–Crippen MR) is 110 cm³/mol. The first-order chi connectivity index (χ1) is 14.8. The molecule has 164 valence electrons. The highest BCUT2D eigenvalue weighted by Gasteiger charge is 2.44. The molecule has 1 aliphatic carbocycles. The van der Waals surface area contributed by atoms with Crippen molar-refractivity contribution in [3.63, 3.8) is 0 Å². The smallest absolute Gasteiger partial charge is 0.365 e. The van der Waals surface area contributed by atoms with E-state index in [-0.39, 0.29) is 30.2 Å². The lowest BCUT2D eigenvalue weighted by Gasteiger charge is -2.49. The van der Waals surface area contributed by atoms with Crippen molar-refractivity contribution in [2.24, 2.45) is 5.92 Å². The molecule has 1 amide bonds.